The smallest absolute Gasteiger partial charge is 0.358 e. The average molecular weight is 649 g/mol. The Bertz CT molecular complexity index is 1900. The SMILES string of the molecule is CC(C)(C)OC(=O)c1nc(N2CCc3cccc(C(=O)Nc4nc5ccccc5s4)c3C2)ccc1-c1cnn(CC2CCCCC2)c1. The molecule has 47 heavy (non-hydrogen) atoms. The number of carbonyl (C=O) groups is 2. The van der Waals surface area contributed by atoms with Gasteiger partial charge in [-0.25, -0.2) is 14.8 Å². The van der Waals surface area contributed by atoms with Gasteiger partial charge in [-0.3, -0.25) is 14.8 Å². The van der Waals surface area contributed by atoms with E-state index >= 15 is 0 Å². The Morgan fingerprint density at radius 1 is 1.00 bits per heavy atom. The van der Waals surface area contributed by atoms with Crippen molar-refractivity contribution in [3.63, 3.8) is 0 Å². The Morgan fingerprint density at radius 3 is 2.64 bits per heavy atom. The van der Waals surface area contributed by atoms with Crippen molar-refractivity contribution in [3.05, 3.63) is 89.4 Å². The normalized spacial score (nSPS) is 15.4. The van der Waals surface area contributed by atoms with Crippen molar-refractivity contribution in [1.29, 1.82) is 0 Å². The van der Waals surface area contributed by atoms with Gasteiger partial charge in [0.05, 0.1) is 16.4 Å². The van der Waals surface area contributed by atoms with E-state index in [0.717, 1.165) is 39.9 Å². The molecule has 0 unspecified atom stereocenters. The van der Waals surface area contributed by atoms with Crippen molar-refractivity contribution in [2.45, 2.75) is 78.0 Å². The molecule has 2 aromatic carbocycles. The van der Waals surface area contributed by atoms with Crippen molar-refractivity contribution in [2.75, 3.05) is 16.8 Å². The van der Waals surface area contributed by atoms with Crippen LogP contribution >= 0.6 is 11.3 Å². The molecule has 3 aromatic heterocycles. The molecule has 1 N–H and O–H groups in total. The summed E-state index contributed by atoms with van der Waals surface area (Å²) in [5.74, 6) is 0.641. The second-order valence-electron chi connectivity index (χ2n) is 13.6. The molecule has 0 spiro atoms. The lowest BCUT2D eigenvalue weighted by molar-refractivity contribution is 0.00638. The zero-order valence-electron chi connectivity index (χ0n) is 27.2. The van der Waals surface area contributed by atoms with Crippen LogP contribution in [0.1, 0.15) is 84.8 Å². The van der Waals surface area contributed by atoms with Crippen molar-refractivity contribution >= 4 is 44.4 Å². The fraction of sp³-hybridized carbons (Fsp3) is 0.378. The summed E-state index contributed by atoms with van der Waals surface area (Å²) in [7, 11) is 0. The summed E-state index contributed by atoms with van der Waals surface area (Å²) in [6.07, 6.45) is 10.9. The van der Waals surface area contributed by atoms with Crippen LogP contribution in [0.2, 0.25) is 0 Å². The Morgan fingerprint density at radius 2 is 1.83 bits per heavy atom. The highest BCUT2D eigenvalue weighted by molar-refractivity contribution is 7.22. The van der Waals surface area contributed by atoms with Crippen LogP contribution in [0, 0.1) is 5.92 Å². The molecule has 1 fully saturated rings. The van der Waals surface area contributed by atoms with E-state index in [2.05, 4.69) is 26.4 Å². The molecule has 0 atom stereocenters. The molecule has 1 aliphatic carbocycles. The van der Waals surface area contributed by atoms with E-state index in [1.165, 1.54) is 43.4 Å². The van der Waals surface area contributed by atoms with Crippen LogP contribution in [0.5, 0.6) is 0 Å². The largest absolute Gasteiger partial charge is 0.455 e. The van der Waals surface area contributed by atoms with Crippen molar-refractivity contribution < 1.29 is 14.3 Å². The van der Waals surface area contributed by atoms with Gasteiger partial charge in [0.2, 0.25) is 0 Å². The van der Waals surface area contributed by atoms with Gasteiger partial charge >= 0.3 is 5.97 Å². The Kier molecular flexibility index (Phi) is 8.53. The van der Waals surface area contributed by atoms with E-state index < -0.39 is 11.6 Å². The molecule has 1 saturated carbocycles. The molecular weight excluding hydrogens is 609 g/mol. The van der Waals surface area contributed by atoms with E-state index in [9.17, 15) is 9.59 Å². The minimum Gasteiger partial charge on any atom is -0.455 e. The summed E-state index contributed by atoms with van der Waals surface area (Å²) >= 11 is 1.46. The predicted octanol–water partition coefficient (Wildman–Crippen LogP) is 7.91. The fourth-order valence-corrected chi connectivity index (χ4v) is 7.52. The molecule has 9 nitrogen and oxygen atoms in total. The summed E-state index contributed by atoms with van der Waals surface area (Å²) in [6, 6.07) is 17.6. The molecule has 2 aliphatic rings. The topological polar surface area (TPSA) is 102 Å². The molecule has 0 radical (unpaired) electrons. The number of hydrogen-bond donors (Lipinski definition) is 1. The molecular formula is C37H40N6O3S. The first-order valence-corrected chi connectivity index (χ1v) is 17.3. The summed E-state index contributed by atoms with van der Waals surface area (Å²) in [5, 5.41) is 8.24. The summed E-state index contributed by atoms with van der Waals surface area (Å²) in [6.45, 7) is 7.65. The molecule has 1 aliphatic heterocycles. The van der Waals surface area contributed by atoms with Crippen LogP contribution in [-0.2, 0) is 24.2 Å². The van der Waals surface area contributed by atoms with Crippen LogP contribution < -0.4 is 10.2 Å². The van der Waals surface area contributed by atoms with Crippen LogP contribution in [0.4, 0.5) is 10.9 Å². The third-order valence-corrected chi connectivity index (χ3v) is 9.89. The third-order valence-electron chi connectivity index (χ3n) is 8.94. The quantitative estimate of drug-likeness (QED) is 0.179. The first-order chi connectivity index (χ1) is 22.7. The number of nitrogens with one attached hydrogen (secondary N) is 1. The van der Waals surface area contributed by atoms with Crippen LogP contribution in [0.15, 0.2) is 67.0 Å². The van der Waals surface area contributed by atoms with Crippen molar-refractivity contribution in [3.8, 4) is 11.1 Å². The Labute approximate surface area is 279 Å². The highest BCUT2D eigenvalue weighted by Gasteiger charge is 2.27. The lowest BCUT2D eigenvalue weighted by atomic mass is 9.89. The number of fused-ring (bicyclic) bond motifs is 2. The second kappa shape index (κ2) is 12.9. The number of benzene rings is 2. The van der Waals surface area contributed by atoms with Crippen LogP contribution in [0.3, 0.4) is 0 Å². The Hall–Kier alpha value is -4.57. The third kappa shape index (κ3) is 6.93. The van der Waals surface area contributed by atoms with Gasteiger partial charge in [0.1, 0.15) is 11.4 Å². The maximum absolute atomic E-state index is 13.6. The van der Waals surface area contributed by atoms with E-state index in [-0.39, 0.29) is 11.6 Å². The minimum absolute atomic E-state index is 0.189. The molecule has 4 heterocycles. The highest BCUT2D eigenvalue weighted by Crippen LogP contribution is 2.32. The van der Waals surface area contributed by atoms with Gasteiger partial charge < -0.3 is 9.64 Å². The zero-order valence-corrected chi connectivity index (χ0v) is 28.0. The number of aromatic nitrogens is 4. The zero-order chi connectivity index (χ0) is 32.5. The lowest BCUT2D eigenvalue weighted by Crippen LogP contribution is -2.33. The average Bonchev–Trinajstić information content (AvgIpc) is 3.70. The van der Waals surface area contributed by atoms with Gasteiger partial charge in [-0.15, -0.1) is 0 Å². The standard InChI is InChI=1S/C37H40N6O3S/c1-37(2,3)46-35(45)33-27(26-20-38-43(22-26)21-24-10-5-4-6-11-24)16-17-32(40-33)42-19-18-25-12-9-13-28(29(25)23-42)34(44)41-36-39-30-14-7-8-15-31(30)47-36/h7-9,12-17,20,22,24H,4-6,10-11,18-19,21,23H2,1-3H3,(H,39,41,44). The van der Waals surface area contributed by atoms with Gasteiger partial charge in [0.15, 0.2) is 10.8 Å². The van der Waals surface area contributed by atoms with Gasteiger partial charge in [-0.1, -0.05) is 54.9 Å². The minimum atomic E-state index is -0.674. The number of rotatable bonds is 7. The highest BCUT2D eigenvalue weighted by atomic mass is 32.1. The van der Waals surface area contributed by atoms with E-state index in [4.69, 9.17) is 9.72 Å². The predicted molar refractivity (Wildman–Crippen MR) is 186 cm³/mol. The van der Waals surface area contributed by atoms with Gasteiger partial charge in [0.25, 0.3) is 5.91 Å². The molecule has 0 saturated heterocycles. The van der Waals surface area contributed by atoms with E-state index in [0.29, 0.717) is 41.1 Å². The monoisotopic (exact) mass is 648 g/mol. The maximum Gasteiger partial charge on any atom is 0.358 e. The number of ether oxygens (including phenoxy) is 1. The molecule has 1 amide bonds. The molecule has 242 valence electrons. The van der Waals surface area contributed by atoms with E-state index in [1.807, 2.05) is 86.4 Å². The first kappa shape index (κ1) is 31.1. The molecule has 7 rings (SSSR count). The van der Waals surface area contributed by atoms with Crippen LogP contribution in [-0.4, -0.2) is 43.8 Å². The number of para-hydroxylation sites is 1. The summed E-state index contributed by atoms with van der Waals surface area (Å²) in [5.41, 5.74) is 4.69. The van der Waals surface area contributed by atoms with Crippen molar-refractivity contribution in [2.24, 2.45) is 5.92 Å². The molecule has 10 heteroatoms. The van der Waals surface area contributed by atoms with Gasteiger partial charge in [0, 0.05) is 42.5 Å². The molecule has 0 bridgehead atoms. The number of hydrogen-bond acceptors (Lipinski definition) is 8. The number of nitrogens with zero attached hydrogens (tertiary/aromatic N) is 5. The first-order valence-electron chi connectivity index (χ1n) is 16.5. The van der Waals surface area contributed by atoms with Gasteiger partial charge in [-0.05, 0) is 87.4 Å². The molecule has 5 aromatic rings. The van der Waals surface area contributed by atoms with E-state index in [1.54, 1.807) is 0 Å². The Balaban J connectivity index is 1.16. The second-order valence-corrected chi connectivity index (χ2v) is 14.6. The number of amides is 1. The number of pyridine rings is 1. The number of thiazole rings is 1. The van der Waals surface area contributed by atoms with Crippen LogP contribution in [0.25, 0.3) is 21.3 Å². The maximum atomic E-state index is 13.6. The van der Waals surface area contributed by atoms with Gasteiger partial charge in [-0.2, -0.15) is 5.10 Å². The summed E-state index contributed by atoms with van der Waals surface area (Å²) in [4.78, 5) is 38.8. The number of carbonyl (C=O) groups excluding carboxylic acids is 2. The number of anilines is 2. The fourth-order valence-electron chi connectivity index (χ4n) is 6.66. The summed E-state index contributed by atoms with van der Waals surface area (Å²) < 4.78 is 8.86. The lowest BCUT2D eigenvalue weighted by Gasteiger charge is -2.31. The van der Waals surface area contributed by atoms with Crippen molar-refractivity contribution in [1.82, 2.24) is 19.7 Å². The number of esters is 1.